The van der Waals surface area contributed by atoms with Crippen molar-refractivity contribution < 1.29 is 9.53 Å². The maximum atomic E-state index is 11.9. The molecule has 0 atom stereocenters. The van der Waals surface area contributed by atoms with Gasteiger partial charge < -0.3 is 21.1 Å². The molecule has 1 fully saturated rings. The average molecular weight is 281 g/mol. The van der Waals surface area contributed by atoms with Gasteiger partial charge in [0, 0.05) is 13.1 Å². The smallest absolute Gasteiger partial charge is 0.263 e. The molecule has 2 rings (SSSR count). The van der Waals surface area contributed by atoms with Gasteiger partial charge in [0.05, 0.1) is 7.11 Å². The number of methoxy groups -OCH3 is 1. The molecule has 0 aromatic carbocycles. The predicted octanol–water partition coefficient (Wildman–Crippen LogP) is 2.08. The Morgan fingerprint density at radius 2 is 2.37 bits per heavy atom. The van der Waals surface area contributed by atoms with Crippen LogP contribution in [0.4, 0.5) is 10.7 Å². The molecule has 1 amide bonds. The molecule has 0 saturated heterocycles. The van der Waals surface area contributed by atoms with E-state index < -0.39 is 0 Å². The third-order valence-corrected chi connectivity index (χ3v) is 4.11. The Morgan fingerprint density at radius 3 is 2.95 bits per heavy atom. The minimum absolute atomic E-state index is 0.194. The zero-order chi connectivity index (χ0) is 13.8. The Hall–Kier alpha value is -1.69. The fourth-order valence-corrected chi connectivity index (χ4v) is 2.73. The van der Waals surface area contributed by atoms with Crippen LogP contribution in [-0.4, -0.2) is 26.1 Å². The first kappa shape index (κ1) is 13.7. The summed E-state index contributed by atoms with van der Waals surface area (Å²) in [6, 6.07) is 0. The van der Waals surface area contributed by atoms with Gasteiger partial charge in [-0.3, -0.25) is 4.79 Å². The number of nitrogens with two attached hydrogens (primary N) is 1. The molecule has 19 heavy (non-hydrogen) atoms. The monoisotopic (exact) mass is 281 g/mol. The van der Waals surface area contributed by atoms with E-state index in [1.807, 2.05) is 0 Å². The lowest BCUT2D eigenvalue weighted by Gasteiger charge is -2.05. The zero-order valence-electron chi connectivity index (χ0n) is 11.0. The van der Waals surface area contributed by atoms with Gasteiger partial charge in [-0.1, -0.05) is 6.08 Å². The van der Waals surface area contributed by atoms with Crippen molar-refractivity contribution in [2.45, 2.75) is 12.8 Å². The van der Waals surface area contributed by atoms with E-state index in [1.54, 1.807) is 13.2 Å². The van der Waals surface area contributed by atoms with E-state index in [1.165, 1.54) is 24.2 Å². The summed E-state index contributed by atoms with van der Waals surface area (Å²) in [4.78, 5) is 12.4. The van der Waals surface area contributed by atoms with Gasteiger partial charge in [0.25, 0.3) is 5.91 Å². The van der Waals surface area contributed by atoms with E-state index in [-0.39, 0.29) is 5.91 Å². The highest BCUT2D eigenvalue weighted by molar-refractivity contribution is 7.19. The van der Waals surface area contributed by atoms with E-state index in [0.717, 1.165) is 17.5 Å². The second kappa shape index (κ2) is 5.97. The zero-order valence-corrected chi connectivity index (χ0v) is 11.8. The van der Waals surface area contributed by atoms with Crippen molar-refractivity contribution in [3.8, 4) is 5.75 Å². The molecule has 0 radical (unpaired) electrons. The summed E-state index contributed by atoms with van der Waals surface area (Å²) in [7, 11) is 1.56. The molecule has 0 aliphatic heterocycles. The molecule has 1 aromatic heterocycles. The van der Waals surface area contributed by atoms with E-state index in [0.29, 0.717) is 22.9 Å². The lowest BCUT2D eigenvalue weighted by molar-refractivity contribution is 0.0962. The van der Waals surface area contributed by atoms with Gasteiger partial charge in [-0.2, -0.15) is 0 Å². The number of amides is 1. The maximum absolute atomic E-state index is 11.9. The van der Waals surface area contributed by atoms with Crippen molar-refractivity contribution in [1.82, 2.24) is 5.32 Å². The summed E-state index contributed by atoms with van der Waals surface area (Å²) in [5.74, 6) is 1.11. The van der Waals surface area contributed by atoms with Gasteiger partial charge in [0.2, 0.25) is 0 Å². The second-order valence-corrected chi connectivity index (χ2v) is 5.55. The van der Waals surface area contributed by atoms with Crippen LogP contribution in [0.15, 0.2) is 12.7 Å². The van der Waals surface area contributed by atoms with E-state index in [2.05, 4.69) is 17.2 Å². The largest absolute Gasteiger partial charge is 0.492 e. The minimum Gasteiger partial charge on any atom is -0.492 e. The molecule has 0 bridgehead atoms. The number of hydrogen-bond acceptors (Lipinski definition) is 5. The molecule has 1 aliphatic carbocycles. The van der Waals surface area contributed by atoms with Crippen molar-refractivity contribution in [2.24, 2.45) is 5.92 Å². The third kappa shape index (κ3) is 3.20. The molecular formula is C13H19N3O2S. The first-order valence-corrected chi connectivity index (χ1v) is 7.08. The molecule has 6 heteroatoms. The van der Waals surface area contributed by atoms with Crippen LogP contribution in [0.2, 0.25) is 0 Å². The molecule has 0 spiro atoms. The van der Waals surface area contributed by atoms with Crippen LogP contribution in [0.5, 0.6) is 5.75 Å². The number of anilines is 2. The van der Waals surface area contributed by atoms with Crippen molar-refractivity contribution in [3.63, 3.8) is 0 Å². The highest BCUT2D eigenvalue weighted by Crippen LogP contribution is 2.43. The number of rotatable bonds is 7. The second-order valence-electron chi connectivity index (χ2n) is 4.53. The van der Waals surface area contributed by atoms with Crippen molar-refractivity contribution in [1.29, 1.82) is 0 Å². The number of hydrogen-bond donors (Lipinski definition) is 3. The number of ether oxygens (including phenoxy) is 1. The number of carbonyl (C=O) groups excluding carboxylic acids is 1. The van der Waals surface area contributed by atoms with Crippen molar-refractivity contribution in [2.75, 3.05) is 31.2 Å². The van der Waals surface area contributed by atoms with Crippen LogP contribution in [-0.2, 0) is 0 Å². The molecule has 1 aromatic rings. The Morgan fingerprint density at radius 1 is 1.63 bits per heavy atom. The highest BCUT2D eigenvalue weighted by Gasteiger charge is 2.25. The Labute approximate surface area is 116 Å². The summed E-state index contributed by atoms with van der Waals surface area (Å²) >= 11 is 1.33. The molecule has 5 nitrogen and oxygen atoms in total. The highest BCUT2D eigenvalue weighted by atomic mass is 32.1. The number of thiophene rings is 1. The molecule has 4 N–H and O–H groups in total. The van der Waals surface area contributed by atoms with E-state index in [9.17, 15) is 4.79 Å². The number of nitrogen functional groups attached to an aromatic ring is 1. The minimum atomic E-state index is -0.194. The number of nitrogens with one attached hydrogen (secondary N) is 2. The van der Waals surface area contributed by atoms with Gasteiger partial charge in [0.1, 0.15) is 15.6 Å². The summed E-state index contributed by atoms with van der Waals surface area (Å²) < 4.78 is 5.29. The maximum Gasteiger partial charge on any atom is 0.263 e. The summed E-state index contributed by atoms with van der Waals surface area (Å²) in [6.07, 6.45) is 4.16. The van der Waals surface area contributed by atoms with Gasteiger partial charge in [-0.05, 0) is 18.8 Å². The van der Waals surface area contributed by atoms with Crippen LogP contribution in [0.25, 0.3) is 0 Å². The molecule has 1 saturated carbocycles. The first-order chi connectivity index (χ1) is 9.17. The average Bonchev–Trinajstić information content (AvgIpc) is 3.17. The van der Waals surface area contributed by atoms with Crippen LogP contribution in [0.1, 0.15) is 22.5 Å². The summed E-state index contributed by atoms with van der Waals surface area (Å²) in [5.41, 5.74) is 6.36. The molecule has 104 valence electrons. The lowest BCUT2D eigenvalue weighted by Crippen LogP contribution is -2.23. The quantitative estimate of drug-likeness (QED) is 0.669. The summed E-state index contributed by atoms with van der Waals surface area (Å²) in [5, 5.41) is 6.86. The van der Waals surface area contributed by atoms with Crippen LogP contribution < -0.4 is 21.1 Å². The summed E-state index contributed by atoms with van der Waals surface area (Å²) in [6.45, 7) is 4.89. The molecule has 0 unspecified atom stereocenters. The standard InChI is InChI=1S/C13H19N3O2S/c1-3-6-15-12(17)11-9(14)10(18-2)13(19-11)16-7-8-4-5-8/h3,8,16H,1,4-7,14H2,2H3,(H,15,17). The molecule has 1 heterocycles. The number of carbonyl (C=O) groups is 1. The van der Waals surface area contributed by atoms with Gasteiger partial charge in [-0.25, -0.2) is 0 Å². The normalized spacial score (nSPS) is 13.9. The first-order valence-electron chi connectivity index (χ1n) is 6.26. The Kier molecular flexibility index (Phi) is 4.31. The van der Waals surface area contributed by atoms with Gasteiger partial charge in [0.15, 0.2) is 5.75 Å². The van der Waals surface area contributed by atoms with E-state index in [4.69, 9.17) is 10.5 Å². The van der Waals surface area contributed by atoms with Gasteiger partial charge >= 0.3 is 0 Å². The fraction of sp³-hybridized carbons (Fsp3) is 0.462. The Bertz CT molecular complexity index is 480. The van der Waals surface area contributed by atoms with Crippen LogP contribution >= 0.6 is 11.3 Å². The SMILES string of the molecule is C=CCNC(=O)c1sc(NCC2CC2)c(OC)c1N. The Balaban J connectivity index is 2.13. The van der Waals surface area contributed by atoms with Gasteiger partial charge in [-0.15, -0.1) is 17.9 Å². The van der Waals surface area contributed by atoms with Crippen molar-refractivity contribution in [3.05, 3.63) is 17.5 Å². The molecular weight excluding hydrogens is 262 g/mol. The fourth-order valence-electron chi connectivity index (χ4n) is 1.72. The van der Waals surface area contributed by atoms with Crippen LogP contribution in [0, 0.1) is 5.92 Å². The van der Waals surface area contributed by atoms with Crippen molar-refractivity contribution >= 4 is 27.9 Å². The predicted molar refractivity (Wildman–Crippen MR) is 79.0 cm³/mol. The lowest BCUT2D eigenvalue weighted by atomic mass is 10.3. The molecule has 1 aliphatic rings. The third-order valence-electron chi connectivity index (χ3n) is 2.97. The topological polar surface area (TPSA) is 76.4 Å². The van der Waals surface area contributed by atoms with Crippen LogP contribution in [0.3, 0.4) is 0 Å². The van der Waals surface area contributed by atoms with E-state index >= 15 is 0 Å².